The Labute approximate surface area is 121 Å². The van der Waals surface area contributed by atoms with Crippen molar-refractivity contribution in [3.8, 4) is 0 Å². The van der Waals surface area contributed by atoms with Crippen molar-refractivity contribution in [3.05, 3.63) is 63.7 Å². The molecule has 0 bridgehead atoms. The first-order chi connectivity index (χ1) is 9.90. The number of hydrogen-bond donors (Lipinski definition) is 1. The quantitative estimate of drug-likeness (QED) is 0.687. The lowest BCUT2D eigenvalue weighted by Crippen LogP contribution is -2.03. The molecular weight excluding hydrogens is 304 g/mol. The minimum atomic E-state index is -1.47. The van der Waals surface area contributed by atoms with Crippen molar-refractivity contribution in [2.75, 3.05) is 0 Å². The van der Waals surface area contributed by atoms with Gasteiger partial charge in [0.25, 0.3) is 5.69 Å². The van der Waals surface area contributed by atoms with Crippen LogP contribution in [0.3, 0.4) is 0 Å². The van der Waals surface area contributed by atoms with Gasteiger partial charge in [-0.1, -0.05) is 17.8 Å². The van der Waals surface area contributed by atoms with Gasteiger partial charge in [-0.25, -0.2) is 13.6 Å². The van der Waals surface area contributed by atoms with Crippen LogP contribution < -0.4 is 0 Å². The Bertz CT molecular complexity index is 736. The normalized spacial score (nSPS) is 10.4. The molecule has 2 aromatic rings. The molecule has 2 rings (SSSR count). The van der Waals surface area contributed by atoms with Crippen molar-refractivity contribution in [2.24, 2.45) is 0 Å². The zero-order valence-corrected chi connectivity index (χ0v) is 11.1. The lowest BCUT2D eigenvalue weighted by Gasteiger charge is -2.06. The number of nitrogens with zero attached hydrogens (tertiary/aromatic N) is 1. The van der Waals surface area contributed by atoms with E-state index in [0.29, 0.717) is 11.8 Å². The summed E-state index contributed by atoms with van der Waals surface area (Å²) in [5.41, 5.74) is -1.17. The van der Waals surface area contributed by atoms with Crippen molar-refractivity contribution < 1.29 is 23.6 Å². The number of nitro benzene ring substituents is 1. The summed E-state index contributed by atoms with van der Waals surface area (Å²) in [4.78, 5) is 21.0. The second-order valence-electron chi connectivity index (χ2n) is 3.89. The van der Waals surface area contributed by atoms with Crippen LogP contribution in [0.4, 0.5) is 14.5 Å². The van der Waals surface area contributed by atoms with Gasteiger partial charge in [0, 0.05) is 0 Å². The molecule has 8 heteroatoms. The van der Waals surface area contributed by atoms with Crippen LogP contribution in [0, 0.1) is 21.7 Å². The zero-order chi connectivity index (χ0) is 15.6. The smallest absolute Gasteiger partial charge is 0.342 e. The predicted octanol–water partition coefficient (Wildman–Crippen LogP) is 3.72. The first-order valence-corrected chi connectivity index (χ1v) is 6.35. The third-order valence-corrected chi connectivity index (χ3v) is 3.61. The Morgan fingerprint density at radius 1 is 1.19 bits per heavy atom. The van der Waals surface area contributed by atoms with E-state index in [1.54, 1.807) is 0 Å². The van der Waals surface area contributed by atoms with E-state index in [1.807, 2.05) is 0 Å². The molecule has 0 aliphatic heterocycles. The molecule has 2 aromatic carbocycles. The summed E-state index contributed by atoms with van der Waals surface area (Å²) in [6.07, 6.45) is 0. The van der Waals surface area contributed by atoms with Crippen LogP contribution in [-0.4, -0.2) is 16.0 Å². The summed E-state index contributed by atoms with van der Waals surface area (Å²) in [7, 11) is 0. The molecule has 108 valence electrons. The maximum Gasteiger partial charge on any atom is 0.342 e. The van der Waals surface area contributed by atoms with E-state index >= 15 is 0 Å². The lowest BCUT2D eigenvalue weighted by atomic mass is 10.2. The van der Waals surface area contributed by atoms with Crippen molar-refractivity contribution in [1.29, 1.82) is 0 Å². The average molecular weight is 311 g/mol. The van der Waals surface area contributed by atoms with E-state index in [1.165, 1.54) is 12.1 Å². The van der Waals surface area contributed by atoms with Crippen molar-refractivity contribution in [2.45, 2.75) is 9.79 Å². The Hall–Kier alpha value is -2.48. The van der Waals surface area contributed by atoms with E-state index in [-0.39, 0.29) is 9.79 Å². The predicted molar refractivity (Wildman–Crippen MR) is 70.5 cm³/mol. The average Bonchev–Trinajstić information content (AvgIpc) is 2.42. The number of halogens is 2. The number of carbonyl (C=O) groups is 1. The molecule has 5 nitrogen and oxygen atoms in total. The maximum absolute atomic E-state index is 13.6. The van der Waals surface area contributed by atoms with Crippen molar-refractivity contribution in [3.63, 3.8) is 0 Å². The summed E-state index contributed by atoms with van der Waals surface area (Å²) in [6, 6.07) is 6.35. The summed E-state index contributed by atoms with van der Waals surface area (Å²) in [5.74, 6) is -2.92. The number of carboxylic acids is 1. The fourth-order valence-electron chi connectivity index (χ4n) is 1.64. The van der Waals surface area contributed by atoms with Gasteiger partial charge in [-0.3, -0.25) is 10.1 Å². The maximum atomic E-state index is 13.6. The van der Waals surface area contributed by atoms with Gasteiger partial charge in [0.2, 0.25) is 0 Å². The number of carboxylic acid groups (broad SMARTS) is 1. The first kappa shape index (κ1) is 14.9. The second-order valence-corrected chi connectivity index (χ2v) is 4.98. The first-order valence-electron chi connectivity index (χ1n) is 5.53. The molecule has 0 saturated carbocycles. The zero-order valence-electron chi connectivity index (χ0n) is 10.2. The summed E-state index contributed by atoms with van der Waals surface area (Å²) >= 11 is 0.595. The van der Waals surface area contributed by atoms with Crippen LogP contribution >= 0.6 is 11.8 Å². The molecular formula is C13H7F2NO4S. The summed E-state index contributed by atoms with van der Waals surface area (Å²) < 4.78 is 26.7. The van der Waals surface area contributed by atoms with Crippen molar-refractivity contribution in [1.82, 2.24) is 0 Å². The number of hydrogen-bond acceptors (Lipinski definition) is 4. The molecule has 1 N–H and O–H groups in total. The Morgan fingerprint density at radius 3 is 2.52 bits per heavy atom. The summed E-state index contributed by atoms with van der Waals surface area (Å²) in [5, 5.41) is 20.0. The Morgan fingerprint density at radius 2 is 1.90 bits per heavy atom. The fraction of sp³-hybridized carbons (Fsp3) is 0. The minimum absolute atomic E-state index is 0.0793. The molecule has 0 amide bonds. The van der Waals surface area contributed by atoms with Crippen LogP contribution in [0.1, 0.15) is 10.4 Å². The molecule has 0 atom stereocenters. The SMILES string of the molecule is O=C(O)c1cccc(Sc2cc(F)ccc2F)c1[N+](=O)[O-]. The largest absolute Gasteiger partial charge is 0.477 e. The van der Waals surface area contributed by atoms with Crippen LogP contribution in [0.15, 0.2) is 46.2 Å². The van der Waals surface area contributed by atoms with Gasteiger partial charge in [0.15, 0.2) is 0 Å². The minimum Gasteiger partial charge on any atom is -0.477 e. The molecule has 0 fully saturated rings. The van der Waals surface area contributed by atoms with Gasteiger partial charge in [-0.15, -0.1) is 0 Å². The van der Waals surface area contributed by atoms with Crippen LogP contribution in [0.5, 0.6) is 0 Å². The van der Waals surface area contributed by atoms with Gasteiger partial charge in [-0.05, 0) is 30.3 Å². The van der Waals surface area contributed by atoms with Gasteiger partial charge in [0.05, 0.1) is 14.7 Å². The number of rotatable bonds is 4. The molecule has 0 heterocycles. The highest BCUT2D eigenvalue weighted by Gasteiger charge is 2.25. The van der Waals surface area contributed by atoms with Gasteiger partial charge >= 0.3 is 5.97 Å². The molecule has 0 aliphatic carbocycles. The van der Waals surface area contributed by atoms with Crippen LogP contribution in [-0.2, 0) is 0 Å². The third kappa shape index (κ3) is 3.16. The van der Waals surface area contributed by atoms with E-state index in [4.69, 9.17) is 5.11 Å². The number of benzene rings is 2. The standard InChI is InChI=1S/C13H7F2NO4S/c14-7-4-5-9(15)11(6-7)21-10-3-1-2-8(13(17)18)12(10)16(19)20/h1-6H,(H,17,18). The highest BCUT2D eigenvalue weighted by atomic mass is 32.2. The second kappa shape index (κ2) is 5.88. The number of aromatic carboxylic acids is 1. The number of nitro groups is 1. The van der Waals surface area contributed by atoms with Crippen LogP contribution in [0.25, 0.3) is 0 Å². The van der Waals surface area contributed by atoms with Gasteiger partial charge in [0.1, 0.15) is 17.2 Å². The van der Waals surface area contributed by atoms with E-state index in [2.05, 4.69) is 0 Å². The van der Waals surface area contributed by atoms with E-state index < -0.39 is 33.8 Å². The molecule has 0 aromatic heterocycles. The third-order valence-electron chi connectivity index (χ3n) is 2.53. The highest BCUT2D eigenvalue weighted by Crippen LogP contribution is 2.38. The molecule has 0 radical (unpaired) electrons. The molecule has 21 heavy (non-hydrogen) atoms. The molecule has 0 unspecified atom stereocenters. The van der Waals surface area contributed by atoms with Gasteiger partial charge in [-0.2, -0.15) is 0 Å². The highest BCUT2D eigenvalue weighted by molar-refractivity contribution is 7.99. The molecule has 0 saturated heterocycles. The monoisotopic (exact) mass is 311 g/mol. The van der Waals surface area contributed by atoms with Gasteiger partial charge < -0.3 is 5.11 Å². The van der Waals surface area contributed by atoms with Crippen LogP contribution in [0.2, 0.25) is 0 Å². The lowest BCUT2D eigenvalue weighted by molar-refractivity contribution is -0.388. The fourth-order valence-corrected chi connectivity index (χ4v) is 2.64. The Kier molecular flexibility index (Phi) is 4.18. The van der Waals surface area contributed by atoms with E-state index in [0.717, 1.165) is 24.3 Å². The topological polar surface area (TPSA) is 80.4 Å². The summed E-state index contributed by atoms with van der Waals surface area (Å²) in [6.45, 7) is 0. The van der Waals surface area contributed by atoms with E-state index in [9.17, 15) is 23.7 Å². The van der Waals surface area contributed by atoms with Crippen molar-refractivity contribution >= 4 is 23.4 Å². The Balaban J connectivity index is 2.54. The molecule has 0 aliphatic rings. The molecule has 0 spiro atoms. The number of para-hydroxylation sites is 1.